The Morgan fingerprint density at radius 3 is 2.35 bits per heavy atom. The Labute approximate surface area is 109 Å². The van der Waals surface area contributed by atoms with E-state index in [1.807, 2.05) is 6.92 Å². The molecule has 17 heavy (non-hydrogen) atoms. The molecule has 0 fully saturated rings. The highest BCUT2D eigenvalue weighted by molar-refractivity contribution is 6.34. The minimum Gasteiger partial charge on any atom is -0.439 e. The number of pyridine rings is 1. The van der Waals surface area contributed by atoms with Crippen molar-refractivity contribution in [1.82, 2.24) is 4.98 Å². The molecule has 2 rings (SSSR count). The Morgan fingerprint density at radius 2 is 1.76 bits per heavy atom. The molecule has 1 aromatic heterocycles. The molecule has 0 radical (unpaired) electrons. The number of hydrogen-bond donors (Lipinski definition) is 1. The molecular weight excluding hydrogens is 259 g/mol. The topological polar surface area (TPSA) is 48.1 Å². The van der Waals surface area contributed by atoms with Crippen LogP contribution in [0.3, 0.4) is 0 Å². The molecule has 0 amide bonds. The number of anilines is 1. The van der Waals surface area contributed by atoms with Gasteiger partial charge in [0.05, 0.1) is 11.9 Å². The molecule has 0 saturated heterocycles. The Bertz CT molecular complexity index is 538. The Hall–Kier alpha value is -1.45. The van der Waals surface area contributed by atoms with E-state index < -0.39 is 0 Å². The molecule has 1 heterocycles. The summed E-state index contributed by atoms with van der Waals surface area (Å²) in [5.41, 5.74) is 7.20. The normalized spacial score (nSPS) is 10.3. The highest BCUT2D eigenvalue weighted by atomic mass is 35.5. The second-order valence-corrected chi connectivity index (χ2v) is 4.46. The second kappa shape index (κ2) is 4.82. The van der Waals surface area contributed by atoms with Crippen LogP contribution in [0.25, 0.3) is 0 Å². The first-order valence-corrected chi connectivity index (χ1v) is 5.66. The summed E-state index contributed by atoms with van der Waals surface area (Å²) in [4.78, 5) is 4.06. The number of nitrogen functional groups attached to an aromatic ring is 1. The average molecular weight is 269 g/mol. The van der Waals surface area contributed by atoms with Gasteiger partial charge in [0.25, 0.3) is 0 Å². The molecule has 0 aliphatic heterocycles. The predicted octanol–water partition coefficient (Wildman–Crippen LogP) is 4.07. The molecule has 0 bridgehead atoms. The van der Waals surface area contributed by atoms with Crippen LogP contribution in [0.4, 0.5) is 5.69 Å². The van der Waals surface area contributed by atoms with Crippen LogP contribution in [0.1, 0.15) is 5.56 Å². The molecule has 0 aliphatic carbocycles. The van der Waals surface area contributed by atoms with E-state index in [0.717, 1.165) is 5.56 Å². The standard InChI is InChI=1S/C12H10Cl2N2O/c1-7-2-12(16-6-11(7)15)17-10-4-8(13)3-9(14)5-10/h2-6H,15H2,1H3. The summed E-state index contributed by atoms with van der Waals surface area (Å²) < 4.78 is 5.54. The van der Waals surface area contributed by atoms with Crippen molar-refractivity contribution in [3.8, 4) is 11.6 Å². The molecule has 1 aromatic carbocycles. The Balaban J connectivity index is 2.28. The smallest absolute Gasteiger partial charge is 0.219 e. The van der Waals surface area contributed by atoms with Gasteiger partial charge in [0.1, 0.15) is 5.75 Å². The van der Waals surface area contributed by atoms with Crippen LogP contribution in [0.5, 0.6) is 11.6 Å². The number of benzene rings is 1. The Kier molecular flexibility index (Phi) is 3.41. The van der Waals surface area contributed by atoms with Crippen molar-refractivity contribution in [3.05, 3.63) is 46.1 Å². The summed E-state index contributed by atoms with van der Waals surface area (Å²) in [6, 6.07) is 6.73. The molecule has 0 aliphatic rings. The molecule has 3 nitrogen and oxygen atoms in total. The van der Waals surface area contributed by atoms with Gasteiger partial charge >= 0.3 is 0 Å². The first-order valence-electron chi connectivity index (χ1n) is 4.90. The third kappa shape index (κ3) is 3.02. The molecule has 0 saturated carbocycles. The number of rotatable bonds is 2. The van der Waals surface area contributed by atoms with Crippen molar-refractivity contribution in [2.75, 3.05) is 5.73 Å². The van der Waals surface area contributed by atoms with Gasteiger partial charge in [-0.05, 0) is 30.7 Å². The molecule has 0 atom stereocenters. The van der Waals surface area contributed by atoms with Gasteiger partial charge < -0.3 is 10.5 Å². The van der Waals surface area contributed by atoms with Crippen LogP contribution in [-0.4, -0.2) is 4.98 Å². The van der Waals surface area contributed by atoms with E-state index in [1.165, 1.54) is 0 Å². The summed E-state index contributed by atoms with van der Waals surface area (Å²) in [5, 5.41) is 1.03. The SMILES string of the molecule is Cc1cc(Oc2cc(Cl)cc(Cl)c2)ncc1N. The van der Waals surface area contributed by atoms with Gasteiger partial charge in [-0.2, -0.15) is 0 Å². The number of nitrogens with zero attached hydrogens (tertiary/aromatic N) is 1. The lowest BCUT2D eigenvalue weighted by Crippen LogP contribution is -1.94. The highest BCUT2D eigenvalue weighted by Gasteiger charge is 2.03. The number of aryl methyl sites for hydroxylation is 1. The zero-order chi connectivity index (χ0) is 12.4. The van der Waals surface area contributed by atoms with E-state index >= 15 is 0 Å². The molecule has 2 N–H and O–H groups in total. The third-order valence-electron chi connectivity index (χ3n) is 2.18. The van der Waals surface area contributed by atoms with E-state index in [1.54, 1.807) is 30.5 Å². The highest BCUT2D eigenvalue weighted by Crippen LogP contribution is 2.28. The fraction of sp³-hybridized carbons (Fsp3) is 0.0833. The van der Waals surface area contributed by atoms with Crippen molar-refractivity contribution >= 4 is 28.9 Å². The molecule has 5 heteroatoms. The number of ether oxygens (including phenoxy) is 1. The maximum Gasteiger partial charge on any atom is 0.219 e. The molecule has 0 unspecified atom stereocenters. The fourth-order valence-electron chi connectivity index (χ4n) is 1.30. The zero-order valence-electron chi connectivity index (χ0n) is 9.08. The number of halogens is 2. The van der Waals surface area contributed by atoms with E-state index in [-0.39, 0.29) is 0 Å². The lowest BCUT2D eigenvalue weighted by Gasteiger charge is -2.07. The summed E-state index contributed by atoms with van der Waals surface area (Å²) >= 11 is 11.7. The van der Waals surface area contributed by atoms with Gasteiger partial charge in [0, 0.05) is 16.1 Å². The summed E-state index contributed by atoms with van der Waals surface area (Å²) in [5.74, 6) is 0.995. The predicted molar refractivity (Wildman–Crippen MR) is 69.9 cm³/mol. The largest absolute Gasteiger partial charge is 0.439 e. The van der Waals surface area contributed by atoms with Crippen molar-refractivity contribution in [1.29, 1.82) is 0 Å². The minimum absolute atomic E-state index is 0.454. The summed E-state index contributed by atoms with van der Waals surface area (Å²) in [7, 11) is 0. The minimum atomic E-state index is 0.454. The fourth-order valence-corrected chi connectivity index (χ4v) is 1.81. The van der Waals surface area contributed by atoms with Crippen LogP contribution < -0.4 is 10.5 Å². The lowest BCUT2D eigenvalue weighted by molar-refractivity contribution is 0.463. The lowest BCUT2D eigenvalue weighted by atomic mass is 10.2. The zero-order valence-corrected chi connectivity index (χ0v) is 10.6. The van der Waals surface area contributed by atoms with Gasteiger partial charge in [-0.1, -0.05) is 23.2 Å². The van der Waals surface area contributed by atoms with Crippen LogP contribution in [-0.2, 0) is 0 Å². The van der Waals surface area contributed by atoms with E-state index in [0.29, 0.717) is 27.4 Å². The van der Waals surface area contributed by atoms with E-state index in [9.17, 15) is 0 Å². The van der Waals surface area contributed by atoms with Gasteiger partial charge in [-0.3, -0.25) is 0 Å². The van der Waals surface area contributed by atoms with Crippen molar-refractivity contribution in [2.24, 2.45) is 0 Å². The van der Waals surface area contributed by atoms with Gasteiger partial charge in [-0.25, -0.2) is 4.98 Å². The monoisotopic (exact) mass is 268 g/mol. The van der Waals surface area contributed by atoms with Crippen molar-refractivity contribution in [3.63, 3.8) is 0 Å². The van der Waals surface area contributed by atoms with Gasteiger partial charge in [-0.15, -0.1) is 0 Å². The number of aromatic nitrogens is 1. The number of hydrogen-bond acceptors (Lipinski definition) is 3. The quantitative estimate of drug-likeness (QED) is 0.893. The van der Waals surface area contributed by atoms with Crippen LogP contribution >= 0.6 is 23.2 Å². The van der Waals surface area contributed by atoms with Gasteiger partial charge in [0.15, 0.2) is 0 Å². The molecule has 88 valence electrons. The van der Waals surface area contributed by atoms with E-state index in [4.69, 9.17) is 33.7 Å². The van der Waals surface area contributed by atoms with Gasteiger partial charge in [0.2, 0.25) is 5.88 Å². The maximum absolute atomic E-state index is 5.87. The Morgan fingerprint density at radius 1 is 1.12 bits per heavy atom. The average Bonchev–Trinajstić information content (AvgIpc) is 2.22. The summed E-state index contributed by atoms with van der Waals surface area (Å²) in [6.45, 7) is 1.88. The van der Waals surface area contributed by atoms with Crippen molar-refractivity contribution < 1.29 is 4.74 Å². The summed E-state index contributed by atoms with van der Waals surface area (Å²) in [6.07, 6.45) is 1.55. The number of nitrogens with two attached hydrogens (primary N) is 1. The first kappa shape index (κ1) is 12.0. The van der Waals surface area contributed by atoms with Crippen molar-refractivity contribution in [2.45, 2.75) is 6.92 Å². The molecule has 2 aromatic rings. The second-order valence-electron chi connectivity index (χ2n) is 3.59. The van der Waals surface area contributed by atoms with E-state index in [2.05, 4.69) is 4.98 Å². The van der Waals surface area contributed by atoms with Crippen LogP contribution in [0.15, 0.2) is 30.5 Å². The first-order chi connectivity index (χ1) is 8.04. The maximum atomic E-state index is 5.87. The van der Waals surface area contributed by atoms with Crippen LogP contribution in [0.2, 0.25) is 10.0 Å². The third-order valence-corrected chi connectivity index (χ3v) is 2.62. The molecular formula is C12H10Cl2N2O. The van der Waals surface area contributed by atoms with Crippen LogP contribution in [0, 0.1) is 6.92 Å². The molecule has 0 spiro atoms.